The fourth-order valence-electron chi connectivity index (χ4n) is 9.57. The van der Waals surface area contributed by atoms with E-state index in [-0.39, 0.29) is 89.5 Å². The zero-order valence-electron chi connectivity index (χ0n) is 62.1. The Morgan fingerprint density at radius 1 is 0.449 bits per heavy atom. The van der Waals surface area contributed by atoms with Gasteiger partial charge in [0.05, 0.1) is 53.2 Å². The standard InChI is InChI=1S/C21H24N2O6.C19H20N2O6.C18H26N2O6.C17H22N2O6/c1-21(2,3)29-20(25)22-17(13-15-9-5-4-6-10-15)19(24)28-14-16-11-7-8-12-18(16)23(26)27;1-19(2,3)27-18(23)20-15-10-6-5-9-14(15)17(22)26-12-13-8-4-7-11-16(13)21(24)25;1-12(2)10-14(19-17(22)26-18(3,4)5)16(21)25-11-13-8-6-7-9-15(13)20(23)24;1-17(2,3)25-16(21)18-10-6-9-14(18)15(20)24-11-12-7-4-5-8-13(12)19(22)23/h4-12,17H,13-14H2,1-3H3,(H,22,25);4-11H,12H2,1-3H3,(H,20,23);6-9,12,14H,10-11H2,1-5H3,(H,19,22);4-5,7-8,14H,6,9-11H2,1-3H3. The van der Waals surface area contributed by atoms with Gasteiger partial charge in [0.2, 0.25) is 0 Å². The number of amides is 4. The number of anilines is 1. The monoisotopic (exact) mass is 1490 g/mol. The van der Waals surface area contributed by atoms with Crippen LogP contribution in [0.3, 0.4) is 0 Å². The normalized spacial score (nSPS) is 13.0. The summed E-state index contributed by atoms with van der Waals surface area (Å²) in [5, 5.41) is 51.7. The van der Waals surface area contributed by atoms with Crippen LogP contribution in [0.15, 0.2) is 152 Å². The molecule has 0 aromatic heterocycles. The maximum atomic E-state index is 12.6. The van der Waals surface area contributed by atoms with Gasteiger partial charge in [0, 0.05) is 37.2 Å². The summed E-state index contributed by atoms with van der Waals surface area (Å²) in [6.45, 7) is 23.9. The maximum absolute atomic E-state index is 12.6. The lowest BCUT2D eigenvalue weighted by molar-refractivity contribution is -0.386. The van der Waals surface area contributed by atoms with Crippen molar-refractivity contribution in [3.05, 3.63) is 225 Å². The predicted molar refractivity (Wildman–Crippen MR) is 389 cm³/mol. The highest BCUT2D eigenvalue weighted by atomic mass is 16.6. The van der Waals surface area contributed by atoms with E-state index in [0.29, 0.717) is 31.4 Å². The molecule has 3 N–H and O–H groups in total. The molecule has 1 fully saturated rings. The minimum atomic E-state index is -1.00. The number of hydrogen-bond acceptors (Lipinski definition) is 24. The molecule has 32 nitrogen and oxygen atoms in total. The summed E-state index contributed by atoms with van der Waals surface area (Å²) in [5.41, 5.74) is -0.986. The molecule has 107 heavy (non-hydrogen) atoms. The van der Waals surface area contributed by atoms with Crippen molar-refractivity contribution in [3.8, 4) is 0 Å². The second-order valence-corrected chi connectivity index (χ2v) is 28.2. The molecule has 6 aromatic rings. The quantitative estimate of drug-likeness (QED) is 0.0232. The Balaban J connectivity index is 0.000000302. The Morgan fingerprint density at radius 3 is 1.21 bits per heavy atom. The van der Waals surface area contributed by atoms with Gasteiger partial charge in [-0.25, -0.2) is 38.4 Å². The third-order valence-corrected chi connectivity index (χ3v) is 14.1. The largest absolute Gasteiger partial charge is 0.459 e. The summed E-state index contributed by atoms with van der Waals surface area (Å²) in [6.07, 6.45) is -1.03. The molecule has 0 radical (unpaired) electrons. The maximum Gasteiger partial charge on any atom is 0.412 e. The zero-order chi connectivity index (χ0) is 80.0. The summed E-state index contributed by atoms with van der Waals surface area (Å²) in [4.78, 5) is 141. The fraction of sp³-hybridized carbons (Fsp3) is 0.413. The predicted octanol–water partition coefficient (Wildman–Crippen LogP) is 14.7. The molecule has 6 aromatic carbocycles. The number of rotatable bonds is 23. The molecule has 0 saturated carbocycles. The van der Waals surface area contributed by atoms with Gasteiger partial charge in [-0.3, -0.25) is 50.7 Å². The molecule has 0 spiro atoms. The number of carbonyl (C=O) groups is 8. The van der Waals surface area contributed by atoms with E-state index < -0.39 is 108 Å². The van der Waals surface area contributed by atoms with Crippen LogP contribution < -0.4 is 16.0 Å². The minimum Gasteiger partial charge on any atom is -0.459 e. The Labute approximate surface area is 618 Å². The Morgan fingerprint density at radius 2 is 0.804 bits per heavy atom. The molecule has 1 saturated heterocycles. The average Bonchev–Trinajstić information content (AvgIpc) is 1.83. The second kappa shape index (κ2) is 40.8. The van der Waals surface area contributed by atoms with Crippen LogP contribution in [0.4, 0.5) is 47.6 Å². The van der Waals surface area contributed by atoms with Crippen LogP contribution in [0.25, 0.3) is 0 Å². The number of nitrogens with one attached hydrogen (secondary N) is 3. The molecule has 1 aliphatic heterocycles. The number of para-hydroxylation sites is 5. The SMILES string of the molecule is CC(C)(C)OC(=O)N1CCCC1C(=O)OCc1ccccc1[N+](=O)[O-].CC(C)(C)OC(=O)NC(Cc1ccccc1)C(=O)OCc1ccccc1[N+](=O)[O-].CC(C)(C)OC(=O)Nc1ccccc1C(=O)OCc1ccccc1[N+](=O)[O-].CC(C)CC(NC(=O)OC(C)(C)C)C(=O)OCc1ccccc1[N+](=O)[O-]. The van der Waals surface area contributed by atoms with Crippen molar-refractivity contribution >= 4 is 76.7 Å². The van der Waals surface area contributed by atoms with Crippen LogP contribution in [0.5, 0.6) is 0 Å². The lowest BCUT2D eigenvalue weighted by Gasteiger charge is -2.27. The molecule has 4 amide bonds. The van der Waals surface area contributed by atoms with Crippen LogP contribution in [0.1, 0.15) is 154 Å². The first-order chi connectivity index (χ1) is 50.0. The summed E-state index contributed by atoms with van der Waals surface area (Å²) in [5.74, 6) is -2.56. The number of nitrogens with zero attached hydrogens (tertiary/aromatic N) is 5. The number of esters is 4. The van der Waals surface area contributed by atoms with Gasteiger partial charge in [-0.15, -0.1) is 0 Å². The van der Waals surface area contributed by atoms with Gasteiger partial charge in [-0.05, 0) is 150 Å². The number of ether oxygens (including phenoxy) is 8. The molecular weight excluding hydrogens is 1400 g/mol. The van der Waals surface area contributed by atoms with E-state index in [1.807, 2.05) is 44.2 Å². The molecule has 0 bridgehead atoms. The zero-order valence-corrected chi connectivity index (χ0v) is 62.1. The molecular formula is C75H92N8O24. The average molecular weight is 1490 g/mol. The molecule has 1 aliphatic rings. The Hall–Kier alpha value is -12.1. The van der Waals surface area contributed by atoms with E-state index in [0.717, 1.165) is 5.56 Å². The number of nitro groups is 4. The van der Waals surface area contributed by atoms with E-state index in [1.165, 1.54) is 83.8 Å². The van der Waals surface area contributed by atoms with Gasteiger partial charge in [0.1, 0.15) is 67.0 Å². The number of alkyl carbamates (subject to hydrolysis) is 2. The van der Waals surface area contributed by atoms with E-state index in [4.69, 9.17) is 37.9 Å². The third-order valence-electron chi connectivity index (χ3n) is 14.1. The van der Waals surface area contributed by atoms with Crippen LogP contribution in [0, 0.1) is 46.4 Å². The van der Waals surface area contributed by atoms with E-state index in [1.54, 1.807) is 126 Å². The first-order valence-electron chi connectivity index (χ1n) is 33.7. The van der Waals surface area contributed by atoms with E-state index in [2.05, 4.69) is 16.0 Å². The Bertz CT molecular complexity index is 4070. The van der Waals surface area contributed by atoms with Crippen molar-refractivity contribution in [1.82, 2.24) is 15.5 Å². The molecule has 3 atom stereocenters. The van der Waals surface area contributed by atoms with Crippen LogP contribution in [-0.4, -0.2) is 120 Å². The lowest BCUT2D eigenvalue weighted by Crippen LogP contribution is -2.45. The second-order valence-electron chi connectivity index (χ2n) is 28.2. The highest BCUT2D eigenvalue weighted by Crippen LogP contribution is 2.27. The highest BCUT2D eigenvalue weighted by molar-refractivity contribution is 5.99. The number of hydrogen-bond donors (Lipinski definition) is 3. The minimum absolute atomic E-state index is 0.106. The van der Waals surface area contributed by atoms with Gasteiger partial charge >= 0.3 is 48.3 Å². The van der Waals surface area contributed by atoms with E-state index in [9.17, 15) is 78.8 Å². The van der Waals surface area contributed by atoms with E-state index >= 15 is 0 Å². The number of benzene rings is 6. The summed E-state index contributed by atoms with van der Waals surface area (Å²) in [7, 11) is 0. The molecule has 576 valence electrons. The van der Waals surface area contributed by atoms with Crippen molar-refractivity contribution < 1.29 is 95.9 Å². The van der Waals surface area contributed by atoms with Crippen LogP contribution in [-0.2, 0) is 85.1 Å². The molecule has 0 aliphatic carbocycles. The van der Waals surface area contributed by atoms with Crippen molar-refractivity contribution in [2.24, 2.45) is 5.92 Å². The van der Waals surface area contributed by atoms with Crippen molar-refractivity contribution in [2.45, 2.75) is 190 Å². The summed E-state index contributed by atoms with van der Waals surface area (Å²) in [6, 6.07) is 36.9. The van der Waals surface area contributed by atoms with Crippen molar-refractivity contribution in [3.63, 3.8) is 0 Å². The smallest absolute Gasteiger partial charge is 0.412 e. The number of likely N-dealkylation sites (tertiary alicyclic amines) is 1. The topological polar surface area (TPSA) is 422 Å². The molecule has 3 unspecified atom stereocenters. The fourth-order valence-corrected chi connectivity index (χ4v) is 9.57. The van der Waals surface area contributed by atoms with Crippen LogP contribution in [0.2, 0.25) is 0 Å². The first kappa shape index (κ1) is 87.3. The molecule has 32 heteroatoms. The van der Waals surface area contributed by atoms with Gasteiger partial charge in [0.25, 0.3) is 22.7 Å². The summed E-state index contributed by atoms with van der Waals surface area (Å²) < 4.78 is 41.7. The number of carbonyl (C=O) groups excluding carboxylic acids is 8. The van der Waals surface area contributed by atoms with Crippen LogP contribution >= 0.6 is 0 Å². The Kier molecular flexibility index (Phi) is 33.3. The van der Waals surface area contributed by atoms with Gasteiger partial charge in [-0.1, -0.05) is 105 Å². The molecule has 7 rings (SSSR count). The molecule has 1 heterocycles. The summed E-state index contributed by atoms with van der Waals surface area (Å²) >= 11 is 0. The highest BCUT2D eigenvalue weighted by Gasteiger charge is 2.38. The van der Waals surface area contributed by atoms with Crippen molar-refractivity contribution in [2.75, 3.05) is 11.9 Å². The van der Waals surface area contributed by atoms with Gasteiger partial charge in [0.15, 0.2) is 0 Å². The van der Waals surface area contributed by atoms with Crippen molar-refractivity contribution in [1.29, 1.82) is 0 Å². The third kappa shape index (κ3) is 32.2. The number of nitro benzene ring substituents is 4. The first-order valence-corrected chi connectivity index (χ1v) is 33.7. The lowest BCUT2D eigenvalue weighted by atomic mass is 10.0. The van der Waals surface area contributed by atoms with Gasteiger partial charge in [-0.2, -0.15) is 0 Å². The van der Waals surface area contributed by atoms with Gasteiger partial charge < -0.3 is 48.5 Å².